The Bertz CT molecular complexity index is 822. The fourth-order valence-electron chi connectivity index (χ4n) is 3.42. The van der Waals surface area contributed by atoms with E-state index in [1.165, 1.54) is 17.7 Å². The second-order valence-electron chi connectivity index (χ2n) is 7.05. The highest BCUT2D eigenvalue weighted by Crippen LogP contribution is 2.29. The second-order valence-corrected chi connectivity index (χ2v) is 7.97. The number of alkyl halides is 3. The summed E-state index contributed by atoms with van der Waals surface area (Å²) >= 11 is 3.14. The zero-order valence-electron chi connectivity index (χ0n) is 15.7. The minimum Gasteiger partial charge on any atom is -0.405 e. The highest BCUT2D eigenvalue weighted by atomic mass is 79.9. The van der Waals surface area contributed by atoms with Gasteiger partial charge < -0.3 is 10.1 Å². The van der Waals surface area contributed by atoms with Gasteiger partial charge in [0.05, 0.1) is 0 Å². The quantitative estimate of drug-likeness (QED) is 0.654. The van der Waals surface area contributed by atoms with E-state index >= 15 is 0 Å². The number of nitrogens with zero attached hydrogens (tertiary/aromatic N) is 1. The van der Waals surface area contributed by atoms with Gasteiger partial charge in [-0.05, 0) is 43.6 Å². The lowest BCUT2D eigenvalue weighted by Gasteiger charge is -2.31. The number of rotatable bonds is 6. The zero-order valence-corrected chi connectivity index (χ0v) is 17.3. The van der Waals surface area contributed by atoms with Gasteiger partial charge in [-0.1, -0.05) is 52.3 Å². The van der Waals surface area contributed by atoms with Crippen LogP contribution in [0.15, 0.2) is 53.0 Å². The van der Waals surface area contributed by atoms with Gasteiger partial charge in [0.15, 0.2) is 0 Å². The summed E-state index contributed by atoms with van der Waals surface area (Å²) in [6, 6.07) is 14.5. The van der Waals surface area contributed by atoms with Crippen LogP contribution in [0.5, 0.6) is 5.75 Å². The van der Waals surface area contributed by atoms with Crippen molar-refractivity contribution in [3.05, 3.63) is 64.1 Å². The first-order valence-electron chi connectivity index (χ1n) is 9.38. The van der Waals surface area contributed by atoms with E-state index in [2.05, 4.69) is 43.0 Å². The standard InChI is InChI=1S/C21H22BrF3N2O2/c22-18-7-6-17(19(12-18)29-21(23,24)25)13-26-20(28)16-8-10-27(11-9-16)14-15-4-2-1-3-5-15/h1-7,12,16H,8-11,13-14H2,(H,26,28). The van der Waals surface area contributed by atoms with Gasteiger partial charge in [0, 0.05) is 29.0 Å². The maximum absolute atomic E-state index is 12.6. The van der Waals surface area contributed by atoms with E-state index in [1.807, 2.05) is 18.2 Å². The molecule has 1 N–H and O–H groups in total. The largest absolute Gasteiger partial charge is 0.573 e. The number of piperidine rings is 1. The van der Waals surface area contributed by atoms with Crippen molar-refractivity contribution in [2.24, 2.45) is 5.92 Å². The number of carbonyl (C=O) groups excluding carboxylic acids is 1. The Labute approximate surface area is 176 Å². The molecule has 2 aromatic rings. The van der Waals surface area contributed by atoms with Crippen LogP contribution in [-0.4, -0.2) is 30.3 Å². The van der Waals surface area contributed by atoms with Gasteiger partial charge in [0.1, 0.15) is 5.75 Å². The molecule has 0 atom stereocenters. The molecule has 0 aliphatic carbocycles. The highest BCUT2D eigenvalue weighted by Gasteiger charge is 2.32. The third-order valence-corrected chi connectivity index (χ3v) is 5.41. The summed E-state index contributed by atoms with van der Waals surface area (Å²) in [5.74, 6) is -0.584. The van der Waals surface area contributed by atoms with Gasteiger partial charge in [-0.15, -0.1) is 13.2 Å². The van der Waals surface area contributed by atoms with E-state index < -0.39 is 6.36 Å². The molecule has 2 aromatic carbocycles. The molecule has 1 saturated heterocycles. The summed E-state index contributed by atoms with van der Waals surface area (Å²) in [5.41, 5.74) is 1.52. The summed E-state index contributed by atoms with van der Waals surface area (Å²) in [5, 5.41) is 2.76. The van der Waals surface area contributed by atoms with Gasteiger partial charge in [-0.25, -0.2) is 0 Å². The van der Waals surface area contributed by atoms with Crippen molar-refractivity contribution in [2.45, 2.75) is 32.3 Å². The highest BCUT2D eigenvalue weighted by molar-refractivity contribution is 9.10. The lowest BCUT2D eigenvalue weighted by atomic mass is 9.95. The first-order valence-corrected chi connectivity index (χ1v) is 10.2. The van der Waals surface area contributed by atoms with E-state index in [0.717, 1.165) is 32.5 Å². The minimum atomic E-state index is -4.79. The fraction of sp³-hybridized carbons (Fsp3) is 0.381. The van der Waals surface area contributed by atoms with Crippen LogP contribution in [0.2, 0.25) is 0 Å². The van der Waals surface area contributed by atoms with Crippen molar-refractivity contribution in [3.8, 4) is 5.75 Å². The van der Waals surface area contributed by atoms with Gasteiger partial charge in [-0.2, -0.15) is 0 Å². The SMILES string of the molecule is O=C(NCc1ccc(Br)cc1OC(F)(F)F)C1CCN(Cc2ccccc2)CC1. The van der Waals surface area contributed by atoms with Crippen LogP contribution in [0.25, 0.3) is 0 Å². The average molecular weight is 471 g/mol. The van der Waals surface area contributed by atoms with Gasteiger partial charge in [0.25, 0.3) is 0 Å². The number of hydrogen-bond acceptors (Lipinski definition) is 3. The molecule has 0 aromatic heterocycles. The molecule has 1 aliphatic rings. The summed E-state index contributed by atoms with van der Waals surface area (Å²) in [6.45, 7) is 2.47. The number of nitrogens with one attached hydrogen (secondary N) is 1. The van der Waals surface area contributed by atoms with Crippen molar-refractivity contribution < 1.29 is 22.7 Å². The Morgan fingerprint density at radius 1 is 1.14 bits per heavy atom. The molecule has 0 bridgehead atoms. The van der Waals surface area contributed by atoms with Crippen LogP contribution < -0.4 is 10.1 Å². The first-order chi connectivity index (χ1) is 13.8. The first kappa shape index (κ1) is 21.6. The Morgan fingerprint density at radius 3 is 2.48 bits per heavy atom. The molecule has 0 radical (unpaired) electrons. The molecule has 8 heteroatoms. The molecule has 4 nitrogen and oxygen atoms in total. The smallest absolute Gasteiger partial charge is 0.405 e. The van der Waals surface area contributed by atoms with E-state index in [9.17, 15) is 18.0 Å². The molecule has 3 rings (SSSR count). The van der Waals surface area contributed by atoms with Crippen LogP contribution >= 0.6 is 15.9 Å². The van der Waals surface area contributed by atoms with Gasteiger partial charge in [0.2, 0.25) is 5.91 Å². The maximum Gasteiger partial charge on any atom is 0.573 e. The van der Waals surface area contributed by atoms with Gasteiger partial charge >= 0.3 is 6.36 Å². The molecule has 156 valence electrons. The molecular formula is C21H22BrF3N2O2. The van der Waals surface area contributed by atoms with Crippen LogP contribution in [-0.2, 0) is 17.9 Å². The molecule has 1 fully saturated rings. The molecule has 1 aliphatic heterocycles. The number of carbonyl (C=O) groups is 1. The van der Waals surface area contributed by atoms with Gasteiger partial charge in [-0.3, -0.25) is 9.69 Å². The Morgan fingerprint density at radius 2 is 1.83 bits per heavy atom. The summed E-state index contributed by atoms with van der Waals surface area (Å²) < 4.78 is 42.4. The molecule has 0 spiro atoms. The topological polar surface area (TPSA) is 41.6 Å². The fourth-order valence-corrected chi connectivity index (χ4v) is 3.76. The van der Waals surface area contributed by atoms with Crippen LogP contribution in [0.3, 0.4) is 0 Å². The minimum absolute atomic E-state index is 0.0121. The summed E-state index contributed by atoms with van der Waals surface area (Å²) in [4.78, 5) is 14.8. The third-order valence-electron chi connectivity index (χ3n) is 4.92. The number of ether oxygens (including phenoxy) is 1. The summed E-state index contributed by atoms with van der Waals surface area (Å²) in [6.07, 6.45) is -3.33. The third kappa shape index (κ3) is 6.75. The van der Waals surface area contributed by atoms with E-state index in [-0.39, 0.29) is 29.7 Å². The van der Waals surface area contributed by atoms with Crippen molar-refractivity contribution >= 4 is 21.8 Å². The van der Waals surface area contributed by atoms with Crippen molar-refractivity contribution in [2.75, 3.05) is 13.1 Å². The molecule has 1 amide bonds. The predicted octanol–water partition coefficient (Wildman–Crippen LogP) is 4.88. The van der Waals surface area contributed by atoms with E-state index in [4.69, 9.17) is 0 Å². The Kier molecular flexibility index (Phi) is 7.18. The van der Waals surface area contributed by atoms with Crippen molar-refractivity contribution in [3.63, 3.8) is 0 Å². The number of likely N-dealkylation sites (tertiary alicyclic amines) is 1. The predicted molar refractivity (Wildman–Crippen MR) is 107 cm³/mol. The molecule has 1 heterocycles. The van der Waals surface area contributed by atoms with Crippen LogP contribution in [0.4, 0.5) is 13.2 Å². The van der Waals surface area contributed by atoms with Crippen molar-refractivity contribution in [1.29, 1.82) is 0 Å². The lowest BCUT2D eigenvalue weighted by Crippen LogP contribution is -2.40. The van der Waals surface area contributed by atoms with E-state index in [0.29, 0.717) is 4.47 Å². The molecule has 29 heavy (non-hydrogen) atoms. The number of benzene rings is 2. The molecule has 0 unspecified atom stereocenters. The van der Waals surface area contributed by atoms with E-state index in [1.54, 1.807) is 6.07 Å². The lowest BCUT2D eigenvalue weighted by molar-refractivity contribution is -0.274. The maximum atomic E-state index is 12.6. The number of amides is 1. The average Bonchev–Trinajstić information content (AvgIpc) is 2.67. The number of hydrogen-bond donors (Lipinski definition) is 1. The summed E-state index contributed by atoms with van der Waals surface area (Å²) in [7, 11) is 0. The monoisotopic (exact) mass is 470 g/mol. The van der Waals surface area contributed by atoms with Crippen LogP contribution in [0.1, 0.15) is 24.0 Å². The normalized spacial score (nSPS) is 15.9. The Balaban J connectivity index is 1.50. The zero-order chi connectivity index (χ0) is 20.9. The van der Waals surface area contributed by atoms with Crippen molar-refractivity contribution in [1.82, 2.24) is 10.2 Å². The second kappa shape index (κ2) is 9.63. The molecular weight excluding hydrogens is 449 g/mol. The number of halogens is 4. The molecule has 0 saturated carbocycles. The Hall–Kier alpha value is -2.06. The van der Waals surface area contributed by atoms with Crippen LogP contribution in [0, 0.1) is 5.92 Å².